The lowest BCUT2D eigenvalue weighted by molar-refractivity contribution is -0.119. The first-order chi connectivity index (χ1) is 16.6. The first-order valence-corrected chi connectivity index (χ1v) is 12.9. The Bertz CT molecular complexity index is 1010. The molecule has 1 aromatic rings. The molecule has 35 heavy (non-hydrogen) atoms. The van der Waals surface area contributed by atoms with Crippen LogP contribution in [0.4, 0.5) is 13.2 Å². The second-order valence-electron chi connectivity index (χ2n) is 10.5. The molecular formula is C28H37F3N2O2. The summed E-state index contributed by atoms with van der Waals surface area (Å²) in [6.07, 6.45) is 1.59. The van der Waals surface area contributed by atoms with Crippen molar-refractivity contribution >= 4 is 11.5 Å². The highest BCUT2D eigenvalue weighted by molar-refractivity contribution is 6.05. The lowest BCUT2D eigenvalue weighted by Crippen LogP contribution is -2.27. The zero-order chi connectivity index (χ0) is 25.3. The molecule has 7 heteroatoms. The second-order valence-corrected chi connectivity index (χ2v) is 10.5. The number of ketones is 1. The van der Waals surface area contributed by atoms with Gasteiger partial charge in [-0.2, -0.15) is 13.2 Å². The van der Waals surface area contributed by atoms with Gasteiger partial charge < -0.3 is 10.5 Å². The van der Waals surface area contributed by atoms with Crippen LogP contribution in [-0.4, -0.2) is 36.9 Å². The smallest absolute Gasteiger partial charge is 0.415 e. The standard InChI is InChI=1S/C28H37F3N2O2/c1-16-21(7-5-9-24(16)35-3)25-18(13-15-22(25)32)12-14-20(34)6-4-8-23-26(28(29,30)31)17(2)27(33-23)19-10-11-19/h5,7,9,18-19,22-23,25H,4,6,8,10-15,32H2,1-3H3/t18?,22-,23?,25-/m1/s1. The van der Waals surface area contributed by atoms with Crippen molar-refractivity contribution in [3.8, 4) is 5.75 Å². The van der Waals surface area contributed by atoms with Crippen LogP contribution in [0.2, 0.25) is 0 Å². The molecule has 2 fully saturated rings. The number of carbonyl (C=O) groups excluding carboxylic acids is 1. The van der Waals surface area contributed by atoms with Crippen LogP contribution in [0.15, 0.2) is 34.3 Å². The molecule has 4 rings (SSSR count). The number of benzene rings is 1. The van der Waals surface area contributed by atoms with Crippen molar-refractivity contribution in [3.63, 3.8) is 0 Å². The van der Waals surface area contributed by atoms with Gasteiger partial charge in [0.1, 0.15) is 11.5 Å². The van der Waals surface area contributed by atoms with Crippen molar-refractivity contribution in [2.45, 2.75) is 95.8 Å². The van der Waals surface area contributed by atoms with Crippen LogP contribution in [0.1, 0.15) is 81.8 Å². The first-order valence-electron chi connectivity index (χ1n) is 12.9. The molecule has 0 saturated heterocycles. The van der Waals surface area contributed by atoms with E-state index >= 15 is 0 Å². The normalized spacial score (nSPS) is 26.9. The molecule has 1 aliphatic heterocycles. The molecule has 2 saturated carbocycles. The van der Waals surface area contributed by atoms with Gasteiger partial charge in [0, 0.05) is 36.4 Å². The quantitative estimate of drug-likeness (QED) is 0.410. The number of halogens is 3. The number of rotatable bonds is 10. The van der Waals surface area contributed by atoms with E-state index in [2.05, 4.69) is 11.1 Å². The number of alkyl halides is 3. The summed E-state index contributed by atoms with van der Waals surface area (Å²) in [6, 6.07) is 5.24. The Kier molecular flexibility index (Phi) is 7.74. The Morgan fingerprint density at radius 3 is 2.51 bits per heavy atom. The van der Waals surface area contributed by atoms with Crippen molar-refractivity contribution in [3.05, 3.63) is 40.5 Å². The van der Waals surface area contributed by atoms with Gasteiger partial charge >= 0.3 is 6.18 Å². The van der Waals surface area contributed by atoms with Gasteiger partial charge in [-0.3, -0.25) is 9.79 Å². The minimum absolute atomic E-state index is 0.0533. The maximum atomic E-state index is 13.7. The van der Waals surface area contributed by atoms with Crippen LogP contribution in [0.5, 0.6) is 5.75 Å². The Hall–Kier alpha value is -2.15. The Morgan fingerprint density at radius 1 is 1.11 bits per heavy atom. The molecule has 4 nitrogen and oxygen atoms in total. The zero-order valence-corrected chi connectivity index (χ0v) is 21.0. The fourth-order valence-corrected chi connectivity index (χ4v) is 6.20. The van der Waals surface area contributed by atoms with Gasteiger partial charge in [-0.05, 0) is 87.5 Å². The maximum absolute atomic E-state index is 13.7. The van der Waals surface area contributed by atoms with E-state index in [1.165, 1.54) is 5.56 Å². The summed E-state index contributed by atoms with van der Waals surface area (Å²) in [5.41, 5.74) is 9.23. The third kappa shape index (κ3) is 5.65. The topological polar surface area (TPSA) is 64.7 Å². The third-order valence-corrected chi connectivity index (χ3v) is 8.16. The number of carbonyl (C=O) groups is 1. The average molecular weight is 491 g/mol. The summed E-state index contributed by atoms with van der Waals surface area (Å²) in [5.74, 6) is 1.67. The monoisotopic (exact) mass is 490 g/mol. The molecular weight excluding hydrogens is 453 g/mol. The number of methoxy groups -OCH3 is 1. The van der Waals surface area contributed by atoms with E-state index in [1.807, 2.05) is 19.1 Å². The molecule has 192 valence electrons. The lowest BCUT2D eigenvalue weighted by atomic mass is 9.81. The summed E-state index contributed by atoms with van der Waals surface area (Å²) in [7, 11) is 1.66. The minimum atomic E-state index is -4.37. The maximum Gasteiger partial charge on any atom is 0.415 e. The van der Waals surface area contributed by atoms with E-state index in [1.54, 1.807) is 14.0 Å². The Labute approximate surface area is 206 Å². The van der Waals surface area contributed by atoms with E-state index in [0.717, 1.165) is 43.4 Å². The molecule has 2 N–H and O–H groups in total. The second kappa shape index (κ2) is 10.5. The number of allylic oxidation sites excluding steroid dienone is 1. The number of Topliss-reactive ketones (excluding diaryl/α,β-unsaturated/α-hetero) is 1. The highest BCUT2D eigenvalue weighted by atomic mass is 19.4. The van der Waals surface area contributed by atoms with Crippen molar-refractivity contribution in [2.75, 3.05) is 7.11 Å². The van der Waals surface area contributed by atoms with Crippen LogP contribution in [0, 0.1) is 18.8 Å². The number of aliphatic imine (C=N–C) groups is 1. The summed E-state index contributed by atoms with van der Waals surface area (Å²) in [6.45, 7) is 3.60. The number of hydrogen-bond donors (Lipinski definition) is 1. The highest BCUT2D eigenvalue weighted by Gasteiger charge is 2.46. The first kappa shape index (κ1) is 25.9. The predicted octanol–water partition coefficient (Wildman–Crippen LogP) is 6.46. The average Bonchev–Trinajstić information content (AvgIpc) is 3.49. The molecule has 0 spiro atoms. The number of hydrogen-bond acceptors (Lipinski definition) is 4. The van der Waals surface area contributed by atoms with Gasteiger partial charge in [0.05, 0.1) is 18.7 Å². The van der Waals surface area contributed by atoms with Gasteiger partial charge in [0.15, 0.2) is 0 Å². The van der Waals surface area contributed by atoms with E-state index in [-0.39, 0.29) is 30.1 Å². The molecule has 0 aromatic heterocycles. The summed E-state index contributed by atoms with van der Waals surface area (Å²) in [4.78, 5) is 17.1. The van der Waals surface area contributed by atoms with Crippen LogP contribution < -0.4 is 10.5 Å². The third-order valence-electron chi connectivity index (χ3n) is 8.16. The van der Waals surface area contributed by atoms with Crippen LogP contribution >= 0.6 is 0 Å². The Morgan fingerprint density at radius 2 is 1.86 bits per heavy atom. The van der Waals surface area contributed by atoms with Crippen LogP contribution in [-0.2, 0) is 4.79 Å². The Balaban J connectivity index is 1.31. The fourth-order valence-electron chi connectivity index (χ4n) is 6.20. The van der Waals surface area contributed by atoms with E-state index < -0.39 is 17.8 Å². The van der Waals surface area contributed by atoms with Crippen molar-refractivity contribution < 1.29 is 22.7 Å². The zero-order valence-electron chi connectivity index (χ0n) is 21.0. The molecule has 0 amide bonds. The fraction of sp³-hybridized carbons (Fsp3) is 0.643. The molecule has 0 radical (unpaired) electrons. The highest BCUT2D eigenvalue weighted by Crippen LogP contribution is 2.45. The van der Waals surface area contributed by atoms with Crippen LogP contribution in [0.25, 0.3) is 0 Å². The molecule has 3 aliphatic rings. The summed E-state index contributed by atoms with van der Waals surface area (Å²) >= 11 is 0. The van der Waals surface area contributed by atoms with E-state index in [4.69, 9.17) is 10.5 Å². The lowest BCUT2D eigenvalue weighted by Gasteiger charge is -2.25. The minimum Gasteiger partial charge on any atom is -0.496 e. The van der Waals surface area contributed by atoms with Crippen LogP contribution in [0.3, 0.4) is 0 Å². The molecule has 2 aliphatic carbocycles. The van der Waals surface area contributed by atoms with Crippen molar-refractivity contribution in [1.29, 1.82) is 0 Å². The number of ether oxygens (including phenoxy) is 1. The number of nitrogens with two attached hydrogens (primary N) is 1. The van der Waals surface area contributed by atoms with Gasteiger partial charge in [-0.25, -0.2) is 0 Å². The van der Waals surface area contributed by atoms with E-state index in [9.17, 15) is 18.0 Å². The summed E-state index contributed by atoms with van der Waals surface area (Å²) in [5, 5.41) is 0. The van der Waals surface area contributed by atoms with Crippen molar-refractivity contribution in [1.82, 2.24) is 0 Å². The van der Waals surface area contributed by atoms with Crippen molar-refractivity contribution in [2.24, 2.45) is 22.6 Å². The molecule has 0 bridgehead atoms. The molecule has 4 atom stereocenters. The predicted molar refractivity (Wildman–Crippen MR) is 132 cm³/mol. The van der Waals surface area contributed by atoms with Gasteiger partial charge in [-0.15, -0.1) is 0 Å². The van der Waals surface area contributed by atoms with E-state index in [0.29, 0.717) is 36.5 Å². The summed E-state index contributed by atoms with van der Waals surface area (Å²) < 4.78 is 46.5. The van der Waals surface area contributed by atoms with Gasteiger partial charge in [0.25, 0.3) is 0 Å². The molecule has 1 aromatic carbocycles. The van der Waals surface area contributed by atoms with Gasteiger partial charge in [-0.1, -0.05) is 12.1 Å². The SMILES string of the molecule is COc1cccc([C@H]2C(CCC(=O)CCCC3N=C(C4CC4)C(C)=C3C(F)(F)F)CC[C@H]2N)c1C. The molecule has 2 unspecified atom stereocenters. The molecule has 1 heterocycles. The van der Waals surface area contributed by atoms with Gasteiger partial charge in [0.2, 0.25) is 0 Å². The number of nitrogens with zero attached hydrogens (tertiary/aromatic N) is 1. The largest absolute Gasteiger partial charge is 0.496 e.